The van der Waals surface area contributed by atoms with Gasteiger partial charge in [0.1, 0.15) is 11.5 Å². The van der Waals surface area contributed by atoms with Crippen molar-refractivity contribution >= 4 is 0 Å². The van der Waals surface area contributed by atoms with Gasteiger partial charge in [0.05, 0.1) is 0 Å². The molecule has 7 atom stereocenters. The quantitative estimate of drug-likeness (QED) is 0.101. The normalized spacial score (nSPS) is 24.1. The topological polar surface area (TPSA) is 64.6 Å². The number of alkyl halides is 14. The van der Waals surface area contributed by atoms with Gasteiger partial charge in [-0.15, -0.1) is 0 Å². The standard InChI is InChI=1S/C12H12F4O.4C12H13F3O.2C12H14F2O/c1-6-2-3-8-7(4-6)5-9(13)11(10(8)14)17-12(15)16;2*1-7-2-4-9-8(6-7)3-5-10(11(9)13)16-12(14)15;2*1-7-2-3-8-6-11(16-12(14)15)10(13)5-9(8)4-7;2*1-8-2-3-10-7-11(15-12(13)14)5-4-9(10)6-8/h5-6,12H,2-4H2,1H3;2*3,5,7,12H,2,4,6H2,1H3;2*5-7,12H,2-4H2,1H3;2*4-5,7-8,12H,2-3,6H2,1H3/i;2D2,6D2;;2D2,4D2;;2D2,6D2;. The van der Waals surface area contributed by atoms with E-state index >= 15 is 0 Å². The minimum absolute atomic E-state index is 0.0105. The monoisotopic (exact) mass is 1600 g/mol. The van der Waals surface area contributed by atoms with Crippen LogP contribution in [0.25, 0.3) is 0 Å². The van der Waals surface area contributed by atoms with Gasteiger partial charge in [0.2, 0.25) is 0 Å². The molecule has 7 aromatic carbocycles. The number of ether oxygens (including phenoxy) is 7. The van der Waals surface area contributed by atoms with Gasteiger partial charge in [-0.25, -0.2) is 26.3 Å². The summed E-state index contributed by atoms with van der Waals surface area (Å²) in [4.78, 5) is 0. The van der Waals surface area contributed by atoms with Crippen molar-refractivity contribution in [1.29, 1.82) is 0 Å². The van der Waals surface area contributed by atoms with Gasteiger partial charge in [-0.3, -0.25) is 0 Å². The SMILES string of the molecule is CC1CCc2c(cc(F)c(OC(F)F)c2F)C1.CC1CCc2c(ccc(OC(F)F)c2F)C1.CC1CCc2cc(OC(F)F)c(F)cc2C1.CC1CCc2cc(OC(F)F)ccc2C1.[2H]C1([2H])Cc2c(ccc(OC(F)F)c2F)C([2H])([2H])C1C.[2H]C1([2H])Cc2cc(OC(F)F)c(F)cc2C([2H])([2H])C1C.[2H]C1([2H])Cc2cc(OC(F)F)ccc2C([2H])([2H])C1C. The molecule has 0 aliphatic heterocycles. The second-order valence-electron chi connectivity index (χ2n) is 27.6. The van der Waals surface area contributed by atoms with E-state index in [0.717, 1.165) is 104 Å². The molecule has 0 N–H and O–H groups in total. The lowest BCUT2D eigenvalue weighted by Crippen LogP contribution is -2.16. The highest BCUT2D eigenvalue weighted by Crippen LogP contribution is 2.40. The van der Waals surface area contributed by atoms with E-state index in [1.807, 2.05) is 13.0 Å². The maximum Gasteiger partial charge on any atom is 0.387 e. The fourth-order valence-corrected chi connectivity index (χ4v) is 13.4. The van der Waals surface area contributed by atoms with Crippen LogP contribution in [0, 0.1) is 76.3 Å². The van der Waals surface area contributed by atoms with Crippen LogP contribution in [0.4, 0.5) is 87.8 Å². The van der Waals surface area contributed by atoms with Crippen LogP contribution in [-0.4, -0.2) is 46.3 Å². The Balaban J connectivity index is 0.000000179. The van der Waals surface area contributed by atoms with E-state index in [1.165, 1.54) is 68.8 Å². The van der Waals surface area contributed by atoms with Crippen LogP contribution in [0.15, 0.2) is 91.0 Å². The zero-order valence-electron chi connectivity index (χ0n) is 73.3. The summed E-state index contributed by atoms with van der Waals surface area (Å²) in [5, 5.41) is 0. The number of hydrogen-bond acceptors (Lipinski definition) is 7. The summed E-state index contributed by atoms with van der Waals surface area (Å²) in [6, 6.07) is 20.0. The summed E-state index contributed by atoms with van der Waals surface area (Å²) >= 11 is 0. The van der Waals surface area contributed by atoms with Gasteiger partial charge in [-0.2, -0.15) is 61.5 Å². The average Bonchev–Trinajstić information content (AvgIpc) is 0.741. The smallest absolute Gasteiger partial charge is 0.387 e. The molecule has 7 unspecified atom stereocenters. The number of rotatable bonds is 14. The summed E-state index contributed by atoms with van der Waals surface area (Å²) in [7, 11) is 0. The predicted octanol–water partition coefficient (Wildman–Crippen LogP) is 24.7. The van der Waals surface area contributed by atoms with Crippen LogP contribution in [0.3, 0.4) is 0 Å². The minimum atomic E-state index is -3.22. The van der Waals surface area contributed by atoms with Crippen molar-refractivity contribution in [3.8, 4) is 40.2 Å². The molecule has 0 fully saturated rings. The Hall–Kier alpha value is -8.26. The molecule has 0 amide bonds. The van der Waals surface area contributed by atoms with Crippen LogP contribution < -0.4 is 33.2 Å². The lowest BCUT2D eigenvalue weighted by atomic mass is 9.84. The molecule has 7 aromatic rings. The molecule has 0 heterocycles. The molecule has 0 radical (unpaired) electrons. The highest BCUT2D eigenvalue weighted by atomic mass is 19.3. The molecule has 0 spiro atoms. The summed E-state index contributed by atoms with van der Waals surface area (Å²) in [6.07, 6.45) is -2.28. The van der Waals surface area contributed by atoms with E-state index < -0.39 is 154 Å². The Kier molecular flexibility index (Phi) is 26.8. The third kappa shape index (κ3) is 26.7. The molecule has 7 aliphatic carbocycles. The number of aryl methyl sites for hydroxylation is 4. The van der Waals surface area contributed by atoms with Gasteiger partial charge in [0.25, 0.3) is 0 Å². The molecular formula is C84H92F20O7. The zero-order chi connectivity index (χ0) is 91.8. The van der Waals surface area contributed by atoms with E-state index in [1.54, 1.807) is 18.2 Å². The summed E-state index contributed by atoms with van der Waals surface area (Å²) in [5.41, 5.74) is 7.19. The van der Waals surface area contributed by atoms with Gasteiger partial charge >= 0.3 is 46.3 Å². The summed E-state index contributed by atoms with van der Waals surface area (Å²) in [5.74, 6) is -9.09. The first kappa shape index (κ1) is 71.8. The third-order valence-corrected chi connectivity index (χ3v) is 18.8. The lowest BCUT2D eigenvalue weighted by molar-refractivity contribution is -0.0551. The van der Waals surface area contributed by atoms with E-state index in [4.69, 9.17) is 16.4 Å². The highest BCUT2D eigenvalue weighted by Gasteiger charge is 2.29. The first-order chi connectivity index (χ1) is 57.0. The number of halogens is 20. The van der Waals surface area contributed by atoms with Crippen LogP contribution in [-0.2, 0) is 89.7 Å². The molecule has 0 saturated carbocycles. The number of hydrogen-bond donors (Lipinski definition) is 0. The van der Waals surface area contributed by atoms with Crippen molar-refractivity contribution in [3.05, 3.63) is 204 Å². The predicted molar refractivity (Wildman–Crippen MR) is 380 cm³/mol. The van der Waals surface area contributed by atoms with Crippen LogP contribution in [0.2, 0.25) is 0 Å². The Bertz CT molecular complexity index is 4730. The Morgan fingerprint density at radius 2 is 0.604 bits per heavy atom. The summed E-state index contributed by atoms with van der Waals surface area (Å²) < 4.78 is 375. The van der Waals surface area contributed by atoms with Gasteiger partial charge in [0.15, 0.2) is 63.7 Å². The van der Waals surface area contributed by atoms with E-state index in [9.17, 15) is 87.8 Å². The van der Waals surface area contributed by atoms with Crippen molar-refractivity contribution in [2.75, 3.05) is 0 Å². The molecular weight excluding hydrogens is 1500 g/mol. The van der Waals surface area contributed by atoms with Crippen LogP contribution >= 0.6 is 0 Å². The Morgan fingerprint density at radius 3 is 1.09 bits per heavy atom. The van der Waals surface area contributed by atoms with E-state index in [-0.39, 0.29) is 64.5 Å². The van der Waals surface area contributed by atoms with Gasteiger partial charge in [-0.05, 0) is 321 Å². The molecule has 0 saturated heterocycles. The van der Waals surface area contributed by atoms with Gasteiger partial charge in [-0.1, -0.05) is 72.7 Å². The van der Waals surface area contributed by atoms with Gasteiger partial charge < -0.3 is 33.2 Å². The molecule has 111 heavy (non-hydrogen) atoms. The van der Waals surface area contributed by atoms with Crippen molar-refractivity contribution < 1.29 is 137 Å². The van der Waals surface area contributed by atoms with Crippen molar-refractivity contribution in [1.82, 2.24) is 0 Å². The average molecular weight is 1610 g/mol. The maximum atomic E-state index is 14.1. The second-order valence-corrected chi connectivity index (χ2v) is 27.6. The van der Waals surface area contributed by atoms with Crippen molar-refractivity contribution in [3.63, 3.8) is 0 Å². The fraction of sp³-hybridized carbons (Fsp3) is 0.500. The lowest BCUT2D eigenvalue weighted by Gasteiger charge is -2.23. The molecule has 610 valence electrons. The van der Waals surface area contributed by atoms with E-state index in [2.05, 4.69) is 53.9 Å². The largest absolute Gasteiger partial charge is 0.435 e. The van der Waals surface area contributed by atoms with Crippen LogP contribution in [0.5, 0.6) is 40.2 Å². The Morgan fingerprint density at radius 1 is 0.270 bits per heavy atom. The van der Waals surface area contributed by atoms with Crippen molar-refractivity contribution in [2.45, 2.75) is 229 Å². The molecule has 0 aromatic heterocycles. The summed E-state index contributed by atoms with van der Waals surface area (Å²) in [6.45, 7) is -8.51. The van der Waals surface area contributed by atoms with Crippen LogP contribution in [0.1, 0.15) is 188 Å². The maximum absolute atomic E-state index is 14.1. The van der Waals surface area contributed by atoms with E-state index in [0.29, 0.717) is 70.8 Å². The molecule has 14 rings (SSSR count). The first-order valence-corrected chi connectivity index (χ1v) is 35.7. The fourth-order valence-electron chi connectivity index (χ4n) is 13.4. The van der Waals surface area contributed by atoms with Crippen molar-refractivity contribution in [2.24, 2.45) is 41.4 Å². The zero-order valence-corrected chi connectivity index (χ0v) is 61.3. The molecule has 0 bridgehead atoms. The van der Waals surface area contributed by atoms with Gasteiger partial charge in [0, 0.05) is 16.4 Å². The Labute approximate surface area is 650 Å². The molecule has 7 nitrogen and oxygen atoms in total. The minimum Gasteiger partial charge on any atom is -0.435 e. The number of fused-ring (bicyclic) bond motifs is 7. The highest BCUT2D eigenvalue weighted by molar-refractivity contribution is 5.45. The molecule has 27 heteroatoms. The first-order valence-electron chi connectivity index (χ1n) is 41.7. The third-order valence-electron chi connectivity index (χ3n) is 18.8. The molecule has 7 aliphatic rings. The number of benzene rings is 7. The second kappa shape index (κ2) is 41.5.